The van der Waals surface area contributed by atoms with Gasteiger partial charge in [-0.25, -0.2) is 14.4 Å². The number of aliphatic carboxylic acids is 1. The first-order valence-electron chi connectivity index (χ1n) is 39.1. The van der Waals surface area contributed by atoms with E-state index in [1.54, 1.807) is 77.3 Å². The molecule has 3 aliphatic carbocycles. The number of pyridine rings is 3. The highest BCUT2D eigenvalue weighted by atomic mass is 35.5. The molecule has 1 aliphatic heterocycles. The van der Waals surface area contributed by atoms with Crippen LogP contribution in [-0.2, 0) is 68.5 Å². The topological polar surface area (TPSA) is 202 Å². The van der Waals surface area contributed by atoms with Crippen LogP contribution in [0.3, 0.4) is 0 Å². The molecule has 10 rings (SSSR count). The van der Waals surface area contributed by atoms with Crippen LogP contribution in [0.25, 0.3) is 37.6 Å². The average molecular weight is 1610 g/mol. The standard InChI is InChI=1S/C27H37NO4S.C25H33NO4S.C21H31ClO3S.C12H18BNO3.C4H10/c1-9-31-25(30)23(32-26(3,4)5)21-17(2)33-24(19-10-11-20(29)28(8)16-19)22(21)18-12-14-27(6,7)15-13-18;1-15-19(21(23(28)29)30-24(2,3)4)20(16-10-12-25(5,6)13-11-16)22(31-15)17-8-9-18(27)26(7)14-17;1-8-24-19(23)17(25-20(3,4)5)15-13(2)26-18(22)16(15)14-9-11-21(6,7)12-10-14;1-11(2)12(3,4)17-13(16-11)9-6-7-10(15)14(5)8-9;1-4(2)3/h10-12,16,23H,9,13-15H2,1-8H3;8-10,14,21H,11-13H2,1-7H3,(H,28,29);9,17H,8,10-12H2,1-7H3;6-8H,1-5H3;4H,1-3H3. The maximum atomic E-state index is 13.1. The summed E-state index contributed by atoms with van der Waals surface area (Å²) in [6, 6.07) is 10.1. The second-order valence-electron chi connectivity index (χ2n) is 36.7. The first-order valence-corrected chi connectivity index (χ1v) is 41.9. The van der Waals surface area contributed by atoms with E-state index >= 15 is 0 Å². The van der Waals surface area contributed by atoms with Gasteiger partial charge < -0.3 is 51.8 Å². The molecule has 1 N–H and O–H groups in total. The number of aryl methyl sites for hydroxylation is 6. The van der Waals surface area contributed by atoms with Crippen LogP contribution in [-0.4, -0.2) is 85.1 Å². The van der Waals surface area contributed by atoms with Gasteiger partial charge in [-0.1, -0.05) is 98.2 Å². The van der Waals surface area contributed by atoms with Crippen LogP contribution in [0.15, 0.2) is 87.6 Å². The van der Waals surface area contributed by atoms with Crippen LogP contribution in [0.4, 0.5) is 0 Å². The molecule has 0 radical (unpaired) electrons. The van der Waals surface area contributed by atoms with Crippen molar-refractivity contribution < 1.29 is 52.5 Å². The molecule has 1 saturated heterocycles. The van der Waals surface area contributed by atoms with E-state index in [1.165, 1.54) is 38.7 Å². The molecule has 7 heterocycles. The third-order valence-corrected chi connectivity index (χ3v) is 23.7. The van der Waals surface area contributed by atoms with Crippen LogP contribution < -0.4 is 22.1 Å². The highest BCUT2D eigenvalue weighted by Crippen LogP contribution is 2.52. The number of allylic oxidation sites excluding steroid dienone is 6. The Labute approximate surface area is 679 Å². The van der Waals surface area contributed by atoms with Gasteiger partial charge in [0.05, 0.1) is 41.2 Å². The van der Waals surface area contributed by atoms with E-state index in [1.807, 2.05) is 149 Å². The second kappa shape index (κ2) is 37.6. The van der Waals surface area contributed by atoms with E-state index in [4.69, 9.17) is 44.6 Å². The maximum absolute atomic E-state index is 13.1. The smallest absolute Gasteiger partial charge is 0.479 e. The number of hydrogen-bond acceptors (Lipinski definition) is 16. The van der Waals surface area contributed by atoms with Gasteiger partial charge in [0, 0.05) is 127 Å². The summed E-state index contributed by atoms with van der Waals surface area (Å²) in [5.74, 6) is -0.864. The normalized spacial score (nSPS) is 17.8. The summed E-state index contributed by atoms with van der Waals surface area (Å²) in [5.41, 5.74) is 10.2. The number of halogens is 1. The summed E-state index contributed by atoms with van der Waals surface area (Å²) in [4.78, 5) is 78.5. The number of aromatic nitrogens is 3. The molecule has 4 aliphatic rings. The van der Waals surface area contributed by atoms with E-state index in [2.05, 4.69) is 80.5 Å². The summed E-state index contributed by atoms with van der Waals surface area (Å²) in [6.07, 6.45) is 18.6. The van der Waals surface area contributed by atoms with Crippen LogP contribution in [0.2, 0.25) is 4.34 Å². The molecule has 0 bridgehead atoms. The number of carboxylic acid groups (broad SMARTS) is 1. The first-order chi connectivity index (χ1) is 51.0. The van der Waals surface area contributed by atoms with E-state index in [0.29, 0.717) is 18.6 Å². The van der Waals surface area contributed by atoms with Crippen molar-refractivity contribution in [3.63, 3.8) is 0 Å². The molecule has 612 valence electrons. The summed E-state index contributed by atoms with van der Waals surface area (Å²) in [6.45, 7) is 55.8. The number of carbonyl (C=O) groups is 3. The molecule has 0 amide bonds. The van der Waals surface area contributed by atoms with Crippen LogP contribution in [0.1, 0.15) is 290 Å². The highest BCUT2D eigenvalue weighted by Gasteiger charge is 2.52. The van der Waals surface area contributed by atoms with Crippen molar-refractivity contribution in [1.82, 2.24) is 13.7 Å². The zero-order valence-electron chi connectivity index (χ0n) is 72.3. The molecule has 0 saturated carbocycles. The van der Waals surface area contributed by atoms with Gasteiger partial charge >= 0.3 is 25.0 Å². The van der Waals surface area contributed by atoms with Gasteiger partial charge in [0.1, 0.15) is 4.34 Å². The lowest BCUT2D eigenvalue weighted by atomic mass is 9.76. The van der Waals surface area contributed by atoms with Crippen LogP contribution >= 0.6 is 45.6 Å². The Morgan fingerprint density at radius 1 is 0.505 bits per heavy atom. The fourth-order valence-electron chi connectivity index (χ4n) is 13.2. The molecule has 0 aromatic carbocycles. The largest absolute Gasteiger partial charge is 0.496 e. The predicted octanol–water partition coefficient (Wildman–Crippen LogP) is 21.5. The number of esters is 2. The number of carboxylic acids is 1. The quantitative estimate of drug-likeness (QED) is 0.0667. The molecule has 111 heavy (non-hydrogen) atoms. The Morgan fingerprint density at radius 2 is 0.811 bits per heavy atom. The minimum atomic E-state index is -1.05. The Hall–Kier alpha value is -6.27. The second-order valence-corrected chi connectivity index (χ2v) is 41.0. The number of nitrogens with zero attached hydrogens (tertiary/aromatic N) is 3. The summed E-state index contributed by atoms with van der Waals surface area (Å²) >= 11 is 11.4. The fraction of sp³-hybridized carbons (Fsp3) is 0.596. The molecular formula is C89H129BClN3O14S3. The predicted molar refractivity (Wildman–Crippen MR) is 460 cm³/mol. The molecule has 1 fully saturated rings. The molecule has 3 unspecified atom stereocenters. The number of carbonyl (C=O) groups excluding carboxylic acids is 2. The van der Waals surface area contributed by atoms with E-state index in [-0.39, 0.29) is 50.6 Å². The van der Waals surface area contributed by atoms with E-state index < -0.39 is 48.2 Å². The summed E-state index contributed by atoms with van der Waals surface area (Å²) in [5, 5.41) is 10.1. The summed E-state index contributed by atoms with van der Waals surface area (Å²) < 4.78 is 46.6. The van der Waals surface area contributed by atoms with Crippen molar-refractivity contribution in [1.29, 1.82) is 0 Å². The maximum Gasteiger partial charge on any atom is 0.496 e. The zero-order valence-corrected chi connectivity index (χ0v) is 75.5. The Kier molecular flexibility index (Phi) is 31.7. The van der Waals surface area contributed by atoms with Crippen molar-refractivity contribution >= 4 is 92.8 Å². The lowest BCUT2D eigenvalue weighted by Gasteiger charge is -2.32. The van der Waals surface area contributed by atoms with Crippen molar-refractivity contribution in [2.75, 3.05) is 13.2 Å². The van der Waals surface area contributed by atoms with Gasteiger partial charge in [-0.2, -0.15) is 0 Å². The van der Waals surface area contributed by atoms with Gasteiger partial charge in [-0.15, -0.1) is 34.0 Å². The van der Waals surface area contributed by atoms with Gasteiger partial charge in [0.2, 0.25) is 16.7 Å². The van der Waals surface area contributed by atoms with Crippen molar-refractivity contribution in [2.24, 2.45) is 43.3 Å². The molecule has 6 aromatic heterocycles. The number of ether oxygens (including phenoxy) is 5. The third-order valence-electron chi connectivity index (χ3n) is 20.0. The molecule has 0 spiro atoms. The molecular weight excluding hydrogens is 1480 g/mol. The number of hydrogen-bond donors (Lipinski definition) is 1. The van der Waals surface area contributed by atoms with E-state index in [0.717, 1.165) is 142 Å². The fourth-order valence-corrected chi connectivity index (χ4v) is 17.1. The molecule has 3 atom stereocenters. The number of rotatable bonds is 17. The molecule has 22 heteroatoms. The van der Waals surface area contributed by atoms with Gasteiger partial charge in [0.25, 0.3) is 0 Å². The molecule has 6 aromatic rings. The van der Waals surface area contributed by atoms with Crippen molar-refractivity contribution in [2.45, 2.75) is 291 Å². The average Bonchev–Trinajstić information content (AvgIpc) is 2.20. The monoisotopic (exact) mass is 1610 g/mol. The van der Waals surface area contributed by atoms with E-state index in [9.17, 15) is 33.9 Å². The lowest BCUT2D eigenvalue weighted by Crippen LogP contribution is -2.41. The van der Waals surface area contributed by atoms with Crippen LogP contribution in [0, 0.1) is 42.9 Å². The Bertz CT molecular complexity index is 4530. The van der Waals surface area contributed by atoms with Crippen molar-refractivity contribution in [3.8, 4) is 20.9 Å². The van der Waals surface area contributed by atoms with Gasteiger partial charge in [-0.05, 0) is 239 Å². The Balaban J connectivity index is 0.000000232. The SMILES string of the molecule is CC(C)C.CCOC(=O)C(OC(C)(C)C)c1c(C)sc(-c2ccc(=O)n(C)c2)c1C1=CCC(C)(C)CC1.CCOC(=O)C(OC(C)(C)C)c1c(C)sc(Cl)c1C1=CCC(C)(C)CC1.Cc1sc(-c2ccc(=O)n(C)c2)c(C2=CCC(C)(C)CC2)c1C(OC(C)(C)C)C(=O)O.Cn1cc(B2OC(C)(C)C(C)(C)O2)ccc1=O. The number of thiophene rings is 3. The van der Waals surface area contributed by atoms with Gasteiger partial charge in [0.15, 0.2) is 18.3 Å². The zero-order chi connectivity index (χ0) is 83.8. The van der Waals surface area contributed by atoms with Gasteiger partial charge in [-0.3, -0.25) is 14.4 Å². The lowest BCUT2D eigenvalue weighted by molar-refractivity contribution is -0.167. The Morgan fingerprint density at radius 3 is 1.12 bits per heavy atom. The minimum absolute atomic E-state index is 0.0368. The molecule has 17 nitrogen and oxygen atoms in total. The third kappa shape index (κ3) is 25.6. The minimum Gasteiger partial charge on any atom is -0.479 e. The highest BCUT2D eigenvalue weighted by molar-refractivity contribution is 7.17. The van der Waals surface area contributed by atoms with Crippen molar-refractivity contribution in [3.05, 3.63) is 157 Å². The van der Waals surface area contributed by atoms with Crippen LogP contribution in [0.5, 0.6) is 0 Å². The first kappa shape index (κ1) is 93.6. The summed E-state index contributed by atoms with van der Waals surface area (Å²) in [7, 11) is 4.81.